The monoisotopic (exact) mass is 394 g/mol. The summed E-state index contributed by atoms with van der Waals surface area (Å²) in [6, 6.07) is 14.0. The average molecular weight is 395 g/mol. The predicted octanol–water partition coefficient (Wildman–Crippen LogP) is 3.77. The second kappa shape index (κ2) is 8.44. The number of rotatable bonds is 5. The van der Waals surface area contributed by atoms with Gasteiger partial charge in [-0.05, 0) is 36.8 Å². The Bertz CT molecular complexity index is 925. The molecule has 4 rings (SSSR count). The fraction of sp³-hybridized carbons (Fsp3) is 0.286. The molecule has 0 radical (unpaired) electrons. The third-order valence-electron chi connectivity index (χ3n) is 4.80. The third kappa shape index (κ3) is 4.51. The molecule has 0 atom stereocenters. The van der Waals surface area contributed by atoms with Gasteiger partial charge in [0, 0.05) is 61.9 Å². The molecule has 1 saturated heterocycles. The largest absolute Gasteiger partial charge is 0.368 e. The van der Waals surface area contributed by atoms with Gasteiger partial charge >= 0.3 is 0 Å². The number of halogens is 1. The Kier molecular flexibility index (Phi) is 5.58. The molecule has 0 spiro atoms. The molecule has 6 nitrogen and oxygen atoms in total. The molecule has 3 heterocycles. The second-order valence-corrected chi connectivity index (χ2v) is 7.26. The molecule has 28 heavy (non-hydrogen) atoms. The lowest BCUT2D eigenvalue weighted by Crippen LogP contribution is -2.46. The van der Waals surface area contributed by atoms with Crippen LogP contribution in [0.3, 0.4) is 0 Å². The maximum atomic E-state index is 6.13. The number of hydrogen-bond acceptors (Lipinski definition) is 6. The van der Waals surface area contributed by atoms with Crippen LogP contribution in [0.15, 0.2) is 54.9 Å². The number of nitrogens with one attached hydrogen (secondary N) is 1. The fourth-order valence-electron chi connectivity index (χ4n) is 3.37. The highest BCUT2D eigenvalue weighted by atomic mass is 35.5. The van der Waals surface area contributed by atoms with Gasteiger partial charge in [-0.25, -0.2) is 9.97 Å². The summed E-state index contributed by atoms with van der Waals surface area (Å²) in [5.41, 5.74) is 2.29. The zero-order chi connectivity index (χ0) is 19.3. The van der Waals surface area contributed by atoms with Gasteiger partial charge in [-0.1, -0.05) is 23.7 Å². The first-order valence-electron chi connectivity index (χ1n) is 9.41. The summed E-state index contributed by atoms with van der Waals surface area (Å²) in [4.78, 5) is 18.0. The van der Waals surface area contributed by atoms with Crippen LogP contribution in [0.2, 0.25) is 5.02 Å². The van der Waals surface area contributed by atoms with Crippen LogP contribution in [-0.2, 0) is 6.54 Å². The quantitative estimate of drug-likeness (QED) is 0.710. The van der Waals surface area contributed by atoms with E-state index in [9.17, 15) is 0 Å². The summed E-state index contributed by atoms with van der Waals surface area (Å²) < 4.78 is 0. The van der Waals surface area contributed by atoms with Crippen LogP contribution in [0, 0.1) is 6.92 Å². The third-order valence-corrected chi connectivity index (χ3v) is 5.03. The normalized spacial score (nSPS) is 14.2. The van der Waals surface area contributed by atoms with Crippen LogP contribution < -0.4 is 15.1 Å². The Balaban J connectivity index is 1.41. The van der Waals surface area contributed by atoms with Gasteiger partial charge in [0.25, 0.3) is 0 Å². The molecule has 0 saturated carbocycles. The fourth-order valence-corrected chi connectivity index (χ4v) is 3.55. The number of anilines is 3. The summed E-state index contributed by atoms with van der Waals surface area (Å²) in [5, 5.41) is 4.15. The van der Waals surface area contributed by atoms with Crippen molar-refractivity contribution in [2.45, 2.75) is 13.5 Å². The van der Waals surface area contributed by atoms with Crippen molar-refractivity contribution in [1.82, 2.24) is 15.0 Å². The SMILES string of the molecule is Cc1nc(NCc2cccnc2)cc(N2CCN(c3cccc(Cl)c3)CC2)n1. The number of hydrogen-bond donors (Lipinski definition) is 1. The molecule has 2 aromatic heterocycles. The van der Waals surface area contributed by atoms with Gasteiger partial charge < -0.3 is 15.1 Å². The maximum absolute atomic E-state index is 6.13. The van der Waals surface area contributed by atoms with E-state index in [0.717, 1.165) is 54.2 Å². The van der Waals surface area contributed by atoms with E-state index in [4.69, 9.17) is 11.6 Å². The molecule has 7 heteroatoms. The van der Waals surface area contributed by atoms with Gasteiger partial charge in [0.05, 0.1) is 0 Å². The average Bonchev–Trinajstić information content (AvgIpc) is 2.73. The Morgan fingerprint density at radius 3 is 2.57 bits per heavy atom. The molecule has 1 aromatic carbocycles. The van der Waals surface area contributed by atoms with Gasteiger partial charge in [0.15, 0.2) is 0 Å². The number of benzene rings is 1. The van der Waals surface area contributed by atoms with E-state index in [1.807, 2.05) is 49.5 Å². The molecule has 1 aliphatic heterocycles. The molecule has 1 fully saturated rings. The molecule has 0 amide bonds. The zero-order valence-electron chi connectivity index (χ0n) is 15.8. The van der Waals surface area contributed by atoms with Crippen molar-refractivity contribution in [3.05, 3.63) is 71.3 Å². The van der Waals surface area contributed by atoms with E-state index in [2.05, 4.69) is 36.1 Å². The number of aromatic nitrogens is 3. The van der Waals surface area contributed by atoms with Gasteiger partial charge in [0.1, 0.15) is 17.5 Å². The topological polar surface area (TPSA) is 57.2 Å². The number of piperazine rings is 1. The summed E-state index contributed by atoms with van der Waals surface area (Å²) >= 11 is 6.13. The maximum Gasteiger partial charge on any atom is 0.134 e. The highest BCUT2D eigenvalue weighted by Crippen LogP contribution is 2.23. The number of nitrogens with zero attached hydrogens (tertiary/aromatic N) is 5. The van der Waals surface area contributed by atoms with Gasteiger partial charge in [-0.15, -0.1) is 0 Å². The van der Waals surface area contributed by atoms with E-state index < -0.39 is 0 Å². The molecule has 0 aliphatic carbocycles. The van der Waals surface area contributed by atoms with Crippen molar-refractivity contribution >= 4 is 28.9 Å². The summed E-state index contributed by atoms with van der Waals surface area (Å²) in [6.45, 7) is 6.30. The molecular formula is C21H23ClN6. The lowest BCUT2D eigenvalue weighted by Gasteiger charge is -2.37. The first-order valence-corrected chi connectivity index (χ1v) is 9.79. The minimum absolute atomic E-state index is 0.687. The highest BCUT2D eigenvalue weighted by molar-refractivity contribution is 6.30. The molecule has 0 bridgehead atoms. The minimum atomic E-state index is 0.687. The summed E-state index contributed by atoms with van der Waals surface area (Å²) in [6.07, 6.45) is 3.64. The smallest absolute Gasteiger partial charge is 0.134 e. The Hall–Kier alpha value is -2.86. The van der Waals surface area contributed by atoms with Crippen molar-refractivity contribution in [2.24, 2.45) is 0 Å². The van der Waals surface area contributed by atoms with Crippen LogP contribution in [0.25, 0.3) is 0 Å². The molecular weight excluding hydrogens is 372 g/mol. The van der Waals surface area contributed by atoms with Crippen LogP contribution in [0.4, 0.5) is 17.3 Å². The lowest BCUT2D eigenvalue weighted by molar-refractivity contribution is 0.646. The van der Waals surface area contributed by atoms with E-state index in [0.29, 0.717) is 6.54 Å². The standard InChI is InChI=1S/C21H23ClN6/c1-16-25-20(24-15-17-4-3-7-23-14-17)13-21(26-16)28-10-8-27(9-11-28)19-6-2-5-18(22)12-19/h2-7,12-14H,8-11,15H2,1H3,(H,24,25,26). The van der Waals surface area contributed by atoms with Gasteiger partial charge in [0.2, 0.25) is 0 Å². The second-order valence-electron chi connectivity index (χ2n) is 6.83. The van der Waals surface area contributed by atoms with Crippen molar-refractivity contribution in [2.75, 3.05) is 41.3 Å². The van der Waals surface area contributed by atoms with Crippen LogP contribution in [-0.4, -0.2) is 41.1 Å². The van der Waals surface area contributed by atoms with Crippen molar-refractivity contribution in [3.63, 3.8) is 0 Å². The zero-order valence-corrected chi connectivity index (χ0v) is 16.6. The first-order chi connectivity index (χ1) is 13.7. The number of pyridine rings is 1. The lowest BCUT2D eigenvalue weighted by atomic mass is 10.2. The van der Waals surface area contributed by atoms with Gasteiger partial charge in [-0.2, -0.15) is 0 Å². The molecule has 0 unspecified atom stereocenters. The number of aryl methyl sites for hydroxylation is 1. The predicted molar refractivity (Wildman–Crippen MR) is 114 cm³/mol. The highest BCUT2D eigenvalue weighted by Gasteiger charge is 2.19. The first kappa shape index (κ1) is 18.5. The van der Waals surface area contributed by atoms with Crippen LogP contribution in [0.1, 0.15) is 11.4 Å². The summed E-state index contributed by atoms with van der Waals surface area (Å²) in [7, 11) is 0. The van der Waals surface area contributed by atoms with Gasteiger partial charge in [-0.3, -0.25) is 4.98 Å². The van der Waals surface area contributed by atoms with E-state index in [-0.39, 0.29) is 0 Å². The summed E-state index contributed by atoms with van der Waals surface area (Å²) in [5.74, 6) is 2.57. The van der Waals surface area contributed by atoms with Crippen molar-refractivity contribution < 1.29 is 0 Å². The van der Waals surface area contributed by atoms with E-state index >= 15 is 0 Å². The minimum Gasteiger partial charge on any atom is -0.368 e. The van der Waals surface area contributed by atoms with E-state index in [1.165, 1.54) is 5.69 Å². The Morgan fingerprint density at radius 2 is 1.82 bits per heavy atom. The van der Waals surface area contributed by atoms with Crippen LogP contribution in [0.5, 0.6) is 0 Å². The van der Waals surface area contributed by atoms with Crippen molar-refractivity contribution in [3.8, 4) is 0 Å². The van der Waals surface area contributed by atoms with Crippen molar-refractivity contribution in [1.29, 1.82) is 0 Å². The molecule has 3 aromatic rings. The van der Waals surface area contributed by atoms with E-state index in [1.54, 1.807) is 6.20 Å². The Morgan fingerprint density at radius 1 is 1.00 bits per heavy atom. The molecule has 1 N–H and O–H groups in total. The molecule has 144 valence electrons. The van der Waals surface area contributed by atoms with Crippen LogP contribution >= 0.6 is 11.6 Å². The Labute approximate surface area is 170 Å². The molecule has 1 aliphatic rings.